The van der Waals surface area contributed by atoms with Gasteiger partial charge < -0.3 is 5.73 Å². The highest BCUT2D eigenvalue weighted by Crippen LogP contribution is 2.35. The second-order valence-corrected chi connectivity index (χ2v) is 4.13. The molecule has 13 heavy (non-hydrogen) atoms. The Kier molecular flexibility index (Phi) is 2.65. The van der Waals surface area contributed by atoms with Crippen LogP contribution in [0.3, 0.4) is 0 Å². The number of rotatable bonds is 3. The van der Waals surface area contributed by atoms with Gasteiger partial charge in [-0.15, -0.1) is 0 Å². The molecule has 1 aliphatic carbocycles. The minimum atomic E-state index is 0.814. The Morgan fingerprint density at radius 3 is 2.38 bits per heavy atom. The standard InChI is InChI=1S/C12H17N/c13-9-12-7-11(8-12)6-10-4-2-1-3-5-10/h1-5,11-12H,6-9,13H2. The fourth-order valence-corrected chi connectivity index (χ4v) is 2.18. The van der Waals surface area contributed by atoms with Crippen LogP contribution in [0.25, 0.3) is 0 Å². The van der Waals surface area contributed by atoms with E-state index in [-0.39, 0.29) is 0 Å². The summed E-state index contributed by atoms with van der Waals surface area (Å²) < 4.78 is 0. The van der Waals surface area contributed by atoms with Gasteiger partial charge in [-0.05, 0) is 43.2 Å². The maximum absolute atomic E-state index is 5.59. The average molecular weight is 175 g/mol. The van der Waals surface area contributed by atoms with Gasteiger partial charge >= 0.3 is 0 Å². The van der Waals surface area contributed by atoms with E-state index >= 15 is 0 Å². The molecule has 0 unspecified atom stereocenters. The van der Waals surface area contributed by atoms with Crippen LogP contribution in [0.1, 0.15) is 18.4 Å². The minimum absolute atomic E-state index is 0.814. The topological polar surface area (TPSA) is 26.0 Å². The maximum Gasteiger partial charge on any atom is -0.00487 e. The Bertz CT molecular complexity index is 249. The van der Waals surface area contributed by atoms with Crippen LogP contribution in [0, 0.1) is 11.8 Å². The fourth-order valence-electron chi connectivity index (χ4n) is 2.18. The third kappa shape index (κ3) is 2.10. The summed E-state index contributed by atoms with van der Waals surface area (Å²) in [4.78, 5) is 0. The van der Waals surface area contributed by atoms with Gasteiger partial charge in [0.15, 0.2) is 0 Å². The predicted octanol–water partition coefficient (Wildman–Crippen LogP) is 2.21. The van der Waals surface area contributed by atoms with Crippen LogP contribution in [-0.2, 0) is 6.42 Å². The van der Waals surface area contributed by atoms with Crippen molar-refractivity contribution in [1.29, 1.82) is 0 Å². The first-order valence-electron chi connectivity index (χ1n) is 5.12. The summed E-state index contributed by atoms with van der Waals surface area (Å²) >= 11 is 0. The van der Waals surface area contributed by atoms with Crippen LogP contribution in [-0.4, -0.2) is 6.54 Å². The van der Waals surface area contributed by atoms with Gasteiger partial charge in [-0.1, -0.05) is 30.3 Å². The van der Waals surface area contributed by atoms with Crippen LogP contribution in [0.2, 0.25) is 0 Å². The molecule has 0 bridgehead atoms. The zero-order valence-electron chi connectivity index (χ0n) is 7.95. The van der Waals surface area contributed by atoms with Crippen molar-refractivity contribution in [2.75, 3.05) is 6.54 Å². The van der Waals surface area contributed by atoms with E-state index in [0.29, 0.717) is 0 Å². The molecular formula is C12H17N. The van der Waals surface area contributed by atoms with Gasteiger partial charge in [-0.3, -0.25) is 0 Å². The highest BCUT2D eigenvalue weighted by molar-refractivity contribution is 5.15. The molecule has 0 aromatic heterocycles. The SMILES string of the molecule is NCC1CC(Cc2ccccc2)C1. The van der Waals surface area contributed by atoms with Crippen LogP contribution in [0.15, 0.2) is 30.3 Å². The van der Waals surface area contributed by atoms with E-state index in [4.69, 9.17) is 5.73 Å². The molecule has 0 amide bonds. The molecule has 1 fully saturated rings. The lowest BCUT2D eigenvalue weighted by Gasteiger charge is -2.34. The van der Waals surface area contributed by atoms with E-state index in [0.717, 1.165) is 18.4 Å². The second-order valence-electron chi connectivity index (χ2n) is 4.13. The Balaban J connectivity index is 1.81. The third-order valence-electron chi connectivity index (χ3n) is 3.03. The van der Waals surface area contributed by atoms with Crippen molar-refractivity contribution < 1.29 is 0 Å². The molecule has 1 aliphatic rings. The van der Waals surface area contributed by atoms with Gasteiger partial charge in [0.05, 0.1) is 0 Å². The molecular weight excluding hydrogens is 158 g/mol. The largest absolute Gasteiger partial charge is 0.330 e. The molecule has 0 heterocycles. The Labute approximate surface area is 80.0 Å². The summed E-state index contributed by atoms with van der Waals surface area (Å²) in [5, 5.41) is 0. The van der Waals surface area contributed by atoms with Gasteiger partial charge in [-0.25, -0.2) is 0 Å². The van der Waals surface area contributed by atoms with E-state index in [1.807, 2.05) is 0 Å². The summed E-state index contributed by atoms with van der Waals surface area (Å²) in [5.41, 5.74) is 7.06. The highest BCUT2D eigenvalue weighted by Gasteiger charge is 2.27. The number of hydrogen-bond donors (Lipinski definition) is 1. The van der Waals surface area contributed by atoms with Crippen molar-refractivity contribution >= 4 is 0 Å². The highest BCUT2D eigenvalue weighted by atomic mass is 14.6. The molecule has 1 aromatic rings. The van der Waals surface area contributed by atoms with Gasteiger partial charge in [0.25, 0.3) is 0 Å². The quantitative estimate of drug-likeness (QED) is 0.749. The van der Waals surface area contributed by atoms with Gasteiger partial charge in [0, 0.05) is 0 Å². The third-order valence-corrected chi connectivity index (χ3v) is 3.03. The van der Waals surface area contributed by atoms with Crippen molar-refractivity contribution in [3.63, 3.8) is 0 Å². The molecule has 0 atom stereocenters. The molecule has 0 aliphatic heterocycles. The van der Waals surface area contributed by atoms with E-state index in [1.54, 1.807) is 0 Å². The van der Waals surface area contributed by atoms with E-state index in [9.17, 15) is 0 Å². The Hall–Kier alpha value is -0.820. The zero-order valence-corrected chi connectivity index (χ0v) is 7.95. The smallest absolute Gasteiger partial charge is 0.00487 e. The van der Waals surface area contributed by atoms with Gasteiger partial charge in [-0.2, -0.15) is 0 Å². The predicted molar refractivity (Wildman–Crippen MR) is 55.4 cm³/mol. The summed E-state index contributed by atoms with van der Waals surface area (Å²) in [7, 11) is 0. The van der Waals surface area contributed by atoms with Crippen molar-refractivity contribution in [2.24, 2.45) is 17.6 Å². The van der Waals surface area contributed by atoms with Crippen LogP contribution < -0.4 is 5.73 Å². The monoisotopic (exact) mass is 175 g/mol. The van der Waals surface area contributed by atoms with Crippen molar-refractivity contribution in [2.45, 2.75) is 19.3 Å². The zero-order chi connectivity index (χ0) is 9.10. The van der Waals surface area contributed by atoms with Crippen molar-refractivity contribution in [3.05, 3.63) is 35.9 Å². The van der Waals surface area contributed by atoms with E-state index < -0.39 is 0 Å². The lowest BCUT2D eigenvalue weighted by atomic mass is 9.72. The summed E-state index contributed by atoms with van der Waals surface area (Å²) in [6.07, 6.45) is 3.92. The average Bonchev–Trinajstić information content (AvgIpc) is 2.12. The summed E-state index contributed by atoms with van der Waals surface area (Å²) in [6.45, 7) is 0.880. The summed E-state index contributed by atoms with van der Waals surface area (Å²) in [6, 6.07) is 10.8. The molecule has 1 nitrogen and oxygen atoms in total. The minimum Gasteiger partial charge on any atom is -0.330 e. The van der Waals surface area contributed by atoms with Crippen molar-refractivity contribution in [1.82, 2.24) is 0 Å². The first-order valence-corrected chi connectivity index (χ1v) is 5.12. The normalized spacial score (nSPS) is 26.8. The molecule has 70 valence electrons. The molecule has 0 spiro atoms. The molecule has 1 aromatic carbocycles. The molecule has 1 saturated carbocycles. The van der Waals surface area contributed by atoms with Gasteiger partial charge in [0.1, 0.15) is 0 Å². The van der Waals surface area contributed by atoms with E-state index in [1.165, 1.54) is 24.8 Å². The first kappa shape index (κ1) is 8.76. The van der Waals surface area contributed by atoms with Gasteiger partial charge in [0.2, 0.25) is 0 Å². The second kappa shape index (κ2) is 3.93. The van der Waals surface area contributed by atoms with Crippen LogP contribution >= 0.6 is 0 Å². The lowest BCUT2D eigenvalue weighted by molar-refractivity contribution is 0.199. The molecule has 0 saturated heterocycles. The Morgan fingerprint density at radius 1 is 1.08 bits per heavy atom. The molecule has 2 N–H and O–H groups in total. The fraction of sp³-hybridized carbons (Fsp3) is 0.500. The first-order chi connectivity index (χ1) is 6.38. The van der Waals surface area contributed by atoms with Crippen LogP contribution in [0.5, 0.6) is 0 Å². The number of nitrogens with two attached hydrogens (primary N) is 1. The maximum atomic E-state index is 5.59. The van der Waals surface area contributed by atoms with E-state index in [2.05, 4.69) is 30.3 Å². The Morgan fingerprint density at radius 2 is 1.77 bits per heavy atom. The lowest BCUT2D eigenvalue weighted by Crippen LogP contribution is -2.31. The number of hydrogen-bond acceptors (Lipinski definition) is 1. The summed E-state index contributed by atoms with van der Waals surface area (Å²) in [5.74, 6) is 1.71. The number of benzene rings is 1. The molecule has 0 radical (unpaired) electrons. The molecule has 2 rings (SSSR count). The molecule has 1 heteroatoms. The van der Waals surface area contributed by atoms with Crippen molar-refractivity contribution in [3.8, 4) is 0 Å². The van der Waals surface area contributed by atoms with Crippen LogP contribution in [0.4, 0.5) is 0 Å².